The predicted octanol–water partition coefficient (Wildman–Crippen LogP) is 2.05. The summed E-state index contributed by atoms with van der Waals surface area (Å²) in [5.41, 5.74) is 0. The van der Waals surface area contributed by atoms with Crippen LogP contribution < -0.4 is 0 Å². The molecule has 1 heterocycles. The van der Waals surface area contributed by atoms with E-state index in [1.807, 2.05) is 0 Å². The summed E-state index contributed by atoms with van der Waals surface area (Å²) in [6.45, 7) is 8.44. The van der Waals surface area contributed by atoms with Gasteiger partial charge in [0.05, 0.1) is 6.42 Å². The van der Waals surface area contributed by atoms with E-state index in [4.69, 9.17) is 5.11 Å². The number of unbranched alkanes of at least 4 members (excludes halogenated alkanes) is 4. The number of carboxylic acids is 1. The van der Waals surface area contributed by atoms with Crippen molar-refractivity contribution >= 4 is 5.97 Å². The number of aliphatic carboxylic acids is 1. The number of hydrogen-bond donors (Lipinski definition) is 1. The van der Waals surface area contributed by atoms with Crippen LogP contribution in [-0.2, 0) is 4.79 Å². The minimum atomic E-state index is -0.687. The highest BCUT2D eigenvalue weighted by atomic mass is 16.4. The number of carboxylic acid groups (broad SMARTS) is 1. The molecule has 4 nitrogen and oxygen atoms in total. The molecule has 1 fully saturated rings. The summed E-state index contributed by atoms with van der Waals surface area (Å²) >= 11 is 0. The molecule has 4 heteroatoms. The summed E-state index contributed by atoms with van der Waals surface area (Å²) in [6, 6.07) is 0. The fourth-order valence-corrected chi connectivity index (χ4v) is 2.43. The van der Waals surface area contributed by atoms with Crippen molar-refractivity contribution in [3.8, 4) is 0 Å². The lowest BCUT2D eigenvalue weighted by Crippen LogP contribution is -2.47. The summed E-state index contributed by atoms with van der Waals surface area (Å²) in [5.74, 6) is -0.687. The first-order valence-corrected chi connectivity index (χ1v) is 7.39. The molecule has 0 aromatic rings. The minimum Gasteiger partial charge on any atom is -0.481 e. The van der Waals surface area contributed by atoms with Crippen molar-refractivity contribution in [3.05, 3.63) is 0 Å². The van der Waals surface area contributed by atoms with E-state index in [0.717, 1.165) is 26.2 Å². The Morgan fingerprint density at radius 2 is 1.50 bits per heavy atom. The first-order valence-electron chi connectivity index (χ1n) is 7.39. The van der Waals surface area contributed by atoms with E-state index < -0.39 is 5.97 Å². The maximum atomic E-state index is 10.5. The van der Waals surface area contributed by atoms with Crippen molar-refractivity contribution in [3.63, 3.8) is 0 Å². The average molecular weight is 256 g/mol. The summed E-state index contributed by atoms with van der Waals surface area (Å²) in [7, 11) is 0. The second-order valence-electron chi connectivity index (χ2n) is 5.24. The normalized spacial score (nSPS) is 18.1. The molecule has 0 unspecified atom stereocenters. The van der Waals surface area contributed by atoms with E-state index in [-0.39, 0.29) is 6.42 Å². The zero-order chi connectivity index (χ0) is 13.2. The molecule has 1 aliphatic rings. The van der Waals surface area contributed by atoms with Gasteiger partial charge in [0.25, 0.3) is 0 Å². The second kappa shape index (κ2) is 9.34. The number of hydrogen-bond acceptors (Lipinski definition) is 3. The Balaban J connectivity index is 1.99. The Morgan fingerprint density at radius 1 is 0.944 bits per heavy atom. The molecule has 0 aliphatic carbocycles. The van der Waals surface area contributed by atoms with Gasteiger partial charge in [-0.2, -0.15) is 0 Å². The molecule has 1 rings (SSSR count). The zero-order valence-corrected chi connectivity index (χ0v) is 11.7. The van der Waals surface area contributed by atoms with E-state index >= 15 is 0 Å². The quantitative estimate of drug-likeness (QED) is 0.641. The van der Waals surface area contributed by atoms with Crippen LogP contribution in [0, 0.1) is 0 Å². The summed E-state index contributed by atoms with van der Waals surface area (Å²) < 4.78 is 0. The van der Waals surface area contributed by atoms with Crippen LogP contribution in [0.25, 0.3) is 0 Å². The highest BCUT2D eigenvalue weighted by molar-refractivity contribution is 5.66. The second-order valence-corrected chi connectivity index (χ2v) is 5.24. The van der Waals surface area contributed by atoms with Crippen molar-refractivity contribution < 1.29 is 9.90 Å². The van der Waals surface area contributed by atoms with Gasteiger partial charge in [0, 0.05) is 32.7 Å². The van der Waals surface area contributed by atoms with Crippen molar-refractivity contribution in [2.24, 2.45) is 0 Å². The number of nitrogens with zero attached hydrogens (tertiary/aromatic N) is 2. The van der Waals surface area contributed by atoms with Crippen molar-refractivity contribution in [1.82, 2.24) is 9.80 Å². The van der Waals surface area contributed by atoms with Crippen LogP contribution >= 0.6 is 0 Å². The SMILES string of the molecule is CCCCCCCN1CCN(CCC(=O)O)CC1. The molecule has 1 saturated heterocycles. The summed E-state index contributed by atoms with van der Waals surface area (Å²) in [5, 5.41) is 8.65. The molecule has 0 radical (unpaired) electrons. The first kappa shape index (κ1) is 15.4. The molecule has 18 heavy (non-hydrogen) atoms. The summed E-state index contributed by atoms with van der Waals surface area (Å²) in [6.07, 6.45) is 6.99. The zero-order valence-electron chi connectivity index (χ0n) is 11.7. The maximum Gasteiger partial charge on any atom is 0.304 e. The standard InChI is InChI=1S/C14H28N2O2/c1-2-3-4-5-6-8-15-10-12-16(13-11-15)9-7-14(17)18/h2-13H2,1H3,(H,17,18). The van der Waals surface area contributed by atoms with Crippen molar-refractivity contribution in [2.45, 2.75) is 45.4 Å². The van der Waals surface area contributed by atoms with Gasteiger partial charge in [-0.3, -0.25) is 4.79 Å². The fraction of sp³-hybridized carbons (Fsp3) is 0.929. The molecule has 0 spiro atoms. The largest absolute Gasteiger partial charge is 0.481 e. The van der Waals surface area contributed by atoms with Crippen LogP contribution in [0.3, 0.4) is 0 Å². The highest BCUT2D eigenvalue weighted by Crippen LogP contribution is 2.07. The van der Waals surface area contributed by atoms with Gasteiger partial charge >= 0.3 is 5.97 Å². The van der Waals surface area contributed by atoms with Gasteiger partial charge in [-0.25, -0.2) is 0 Å². The molecule has 0 saturated carbocycles. The van der Waals surface area contributed by atoms with Crippen LogP contribution in [0.5, 0.6) is 0 Å². The number of carbonyl (C=O) groups is 1. The van der Waals surface area contributed by atoms with Gasteiger partial charge in [-0.05, 0) is 13.0 Å². The molecule has 0 amide bonds. The Kier molecular flexibility index (Phi) is 8.01. The molecule has 1 aliphatic heterocycles. The smallest absolute Gasteiger partial charge is 0.304 e. The Bertz CT molecular complexity index is 226. The van der Waals surface area contributed by atoms with Crippen LogP contribution in [0.1, 0.15) is 45.4 Å². The van der Waals surface area contributed by atoms with Crippen molar-refractivity contribution in [1.29, 1.82) is 0 Å². The monoisotopic (exact) mass is 256 g/mol. The molecule has 0 atom stereocenters. The lowest BCUT2D eigenvalue weighted by molar-refractivity contribution is -0.137. The van der Waals surface area contributed by atoms with E-state index in [0.29, 0.717) is 6.54 Å². The molecular formula is C14H28N2O2. The maximum absolute atomic E-state index is 10.5. The van der Waals surface area contributed by atoms with Gasteiger partial charge in [0.1, 0.15) is 0 Å². The number of rotatable bonds is 9. The van der Waals surface area contributed by atoms with Crippen LogP contribution in [-0.4, -0.2) is 60.1 Å². The third kappa shape index (κ3) is 6.97. The van der Waals surface area contributed by atoms with Gasteiger partial charge in [0.15, 0.2) is 0 Å². The molecular weight excluding hydrogens is 228 g/mol. The minimum absolute atomic E-state index is 0.275. The highest BCUT2D eigenvalue weighted by Gasteiger charge is 2.16. The lowest BCUT2D eigenvalue weighted by atomic mass is 10.1. The molecule has 0 aromatic heterocycles. The number of piperazine rings is 1. The topological polar surface area (TPSA) is 43.8 Å². The van der Waals surface area contributed by atoms with Gasteiger partial charge in [-0.15, -0.1) is 0 Å². The Labute approximate surface area is 111 Å². The van der Waals surface area contributed by atoms with E-state index in [1.54, 1.807) is 0 Å². The van der Waals surface area contributed by atoms with E-state index in [9.17, 15) is 4.79 Å². The predicted molar refractivity (Wildman–Crippen MR) is 73.9 cm³/mol. The first-order chi connectivity index (χ1) is 8.72. The van der Waals surface area contributed by atoms with Gasteiger partial charge < -0.3 is 14.9 Å². The van der Waals surface area contributed by atoms with Crippen LogP contribution in [0.2, 0.25) is 0 Å². The molecule has 0 aromatic carbocycles. The third-order valence-corrected chi connectivity index (χ3v) is 3.68. The van der Waals surface area contributed by atoms with Crippen molar-refractivity contribution in [2.75, 3.05) is 39.3 Å². The Hall–Kier alpha value is -0.610. The van der Waals surface area contributed by atoms with E-state index in [1.165, 1.54) is 38.6 Å². The third-order valence-electron chi connectivity index (χ3n) is 3.68. The van der Waals surface area contributed by atoms with Gasteiger partial charge in [-0.1, -0.05) is 32.6 Å². The van der Waals surface area contributed by atoms with Crippen LogP contribution in [0.4, 0.5) is 0 Å². The Morgan fingerprint density at radius 3 is 2.06 bits per heavy atom. The fourth-order valence-electron chi connectivity index (χ4n) is 2.43. The lowest BCUT2D eigenvalue weighted by Gasteiger charge is -2.34. The van der Waals surface area contributed by atoms with E-state index in [2.05, 4.69) is 16.7 Å². The average Bonchev–Trinajstić information content (AvgIpc) is 2.37. The molecule has 0 bridgehead atoms. The molecule has 106 valence electrons. The summed E-state index contributed by atoms with van der Waals surface area (Å²) in [4.78, 5) is 15.3. The van der Waals surface area contributed by atoms with Crippen LogP contribution in [0.15, 0.2) is 0 Å². The van der Waals surface area contributed by atoms with Gasteiger partial charge in [0.2, 0.25) is 0 Å². The molecule has 1 N–H and O–H groups in total.